The second kappa shape index (κ2) is 5.69. The van der Waals surface area contributed by atoms with Crippen LogP contribution in [0.4, 0.5) is 0 Å². The van der Waals surface area contributed by atoms with Crippen LogP contribution in [0.1, 0.15) is 34.5 Å². The predicted molar refractivity (Wildman–Crippen MR) is 85.1 cm³/mol. The number of morpholine rings is 1. The molecular weight excluding hydrogens is 276 g/mol. The molecule has 4 nitrogen and oxygen atoms in total. The summed E-state index contributed by atoms with van der Waals surface area (Å²) in [5.74, 6) is 0.153. The minimum atomic E-state index is 0.153. The molecule has 1 amide bonds. The van der Waals surface area contributed by atoms with E-state index in [0.29, 0.717) is 26.3 Å². The van der Waals surface area contributed by atoms with Gasteiger partial charge in [0.15, 0.2) is 0 Å². The van der Waals surface area contributed by atoms with Crippen molar-refractivity contribution in [2.24, 2.45) is 0 Å². The van der Waals surface area contributed by atoms with Crippen molar-refractivity contribution in [2.75, 3.05) is 26.3 Å². The lowest BCUT2D eigenvalue weighted by molar-refractivity contribution is 0.0303. The van der Waals surface area contributed by atoms with Crippen LogP contribution in [0.3, 0.4) is 0 Å². The van der Waals surface area contributed by atoms with Crippen molar-refractivity contribution in [1.82, 2.24) is 9.88 Å². The van der Waals surface area contributed by atoms with E-state index in [1.165, 1.54) is 12.0 Å². The van der Waals surface area contributed by atoms with Gasteiger partial charge in [0.1, 0.15) is 0 Å². The molecule has 4 rings (SSSR count). The molecule has 0 unspecified atom stereocenters. The lowest BCUT2D eigenvalue weighted by Crippen LogP contribution is -2.41. The van der Waals surface area contributed by atoms with Gasteiger partial charge in [0.05, 0.1) is 24.3 Å². The maximum absolute atomic E-state index is 13.1. The van der Waals surface area contributed by atoms with E-state index in [-0.39, 0.29) is 5.91 Å². The van der Waals surface area contributed by atoms with Gasteiger partial charge >= 0.3 is 0 Å². The van der Waals surface area contributed by atoms with E-state index < -0.39 is 0 Å². The highest BCUT2D eigenvalue weighted by Crippen LogP contribution is 2.30. The minimum Gasteiger partial charge on any atom is -0.378 e. The molecule has 4 heteroatoms. The van der Waals surface area contributed by atoms with Crippen LogP contribution < -0.4 is 0 Å². The number of benzene rings is 1. The molecule has 2 aliphatic rings. The van der Waals surface area contributed by atoms with Crippen molar-refractivity contribution in [2.45, 2.75) is 25.7 Å². The van der Waals surface area contributed by atoms with Gasteiger partial charge in [-0.15, -0.1) is 0 Å². The van der Waals surface area contributed by atoms with E-state index >= 15 is 0 Å². The van der Waals surface area contributed by atoms with Gasteiger partial charge in [-0.25, -0.2) is 0 Å². The van der Waals surface area contributed by atoms with Crippen molar-refractivity contribution in [3.63, 3.8) is 0 Å². The monoisotopic (exact) mass is 296 g/mol. The quantitative estimate of drug-likeness (QED) is 0.812. The zero-order valence-corrected chi connectivity index (χ0v) is 12.7. The summed E-state index contributed by atoms with van der Waals surface area (Å²) in [7, 11) is 0. The number of carbonyl (C=O) groups excluding carboxylic acids is 1. The highest BCUT2D eigenvalue weighted by molar-refractivity contribution is 6.07. The molecule has 1 fully saturated rings. The van der Waals surface area contributed by atoms with E-state index in [2.05, 4.69) is 0 Å². The third kappa shape index (κ3) is 2.28. The van der Waals surface area contributed by atoms with Crippen LogP contribution >= 0.6 is 0 Å². The van der Waals surface area contributed by atoms with Crippen LogP contribution in [0.5, 0.6) is 0 Å². The molecule has 1 saturated heterocycles. The van der Waals surface area contributed by atoms with Crippen LogP contribution in [0.2, 0.25) is 0 Å². The Morgan fingerprint density at radius 3 is 2.73 bits per heavy atom. The molecule has 1 aliphatic carbocycles. The fourth-order valence-electron chi connectivity index (χ4n) is 3.54. The zero-order valence-electron chi connectivity index (χ0n) is 12.7. The smallest absolute Gasteiger partial charge is 0.255 e. The van der Waals surface area contributed by atoms with Gasteiger partial charge in [0.2, 0.25) is 0 Å². The Morgan fingerprint density at radius 1 is 1.09 bits per heavy atom. The Morgan fingerprint density at radius 2 is 1.86 bits per heavy atom. The molecule has 2 heterocycles. The SMILES string of the molecule is O=C(c1c2c(nc3ccccc13)CCCC2)N1CCOCC1. The van der Waals surface area contributed by atoms with Crippen molar-refractivity contribution in [1.29, 1.82) is 0 Å². The maximum atomic E-state index is 13.1. The Hall–Kier alpha value is -1.94. The molecule has 1 aliphatic heterocycles. The number of rotatable bonds is 1. The Labute approximate surface area is 130 Å². The Kier molecular flexibility index (Phi) is 3.54. The molecule has 2 aromatic rings. The molecule has 1 aromatic heterocycles. The average Bonchev–Trinajstić information content (AvgIpc) is 2.60. The molecular formula is C18H20N2O2. The van der Waals surface area contributed by atoms with Crippen molar-refractivity contribution < 1.29 is 9.53 Å². The van der Waals surface area contributed by atoms with Gasteiger partial charge in [-0.1, -0.05) is 18.2 Å². The van der Waals surface area contributed by atoms with Crippen LogP contribution in [0.15, 0.2) is 24.3 Å². The summed E-state index contributed by atoms with van der Waals surface area (Å²) in [6.45, 7) is 2.64. The first-order valence-corrected chi connectivity index (χ1v) is 8.12. The zero-order chi connectivity index (χ0) is 14.9. The summed E-state index contributed by atoms with van der Waals surface area (Å²) >= 11 is 0. The van der Waals surface area contributed by atoms with Crippen molar-refractivity contribution in [3.05, 3.63) is 41.1 Å². The van der Waals surface area contributed by atoms with Gasteiger partial charge in [-0.2, -0.15) is 0 Å². The standard InChI is InChI=1S/C18H20N2O2/c21-18(20-9-11-22-12-10-20)17-13-5-1-3-7-15(13)19-16-8-4-2-6-14(16)17/h1,3,5,7H,2,4,6,8-12H2. The van der Waals surface area contributed by atoms with Crippen LogP contribution in [-0.2, 0) is 17.6 Å². The number of aryl methyl sites for hydroxylation is 1. The number of hydrogen-bond donors (Lipinski definition) is 0. The molecule has 0 saturated carbocycles. The van der Waals surface area contributed by atoms with E-state index in [0.717, 1.165) is 41.4 Å². The summed E-state index contributed by atoms with van der Waals surface area (Å²) in [5, 5.41) is 1.000. The van der Waals surface area contributed by atoms with Crippen LogP contribution in [0, 0.1) is 0 Å². The Balaban J connectivity index is 1.88. The number of aromatic nitrogens is 1. The molecule has 0 N–H and O–H groups in total. The van der Waals surface area contributed by atoms with Crippen molar-refractivity contribution >= 4 is 16.8 Å². The topological polar surface area (TPSA) is 42.4 Å². The van der Waals surface area contributed by atoms with Gasteiger partial charge in [-0.3, -0.25) is 9.78 Å². The normalized spacial score (nSPS) is 18.3. The Bertz CT molecular complexity index is 720. The number of ether oxygens (including phenoxy) is 1. The number of para-hydroxylation sites is 1. The van der Waals surface area contributed by atoms with E-state index in [1.807, 2.05) is 29.2 Å². The van der Waals surface area contributed by atoms with E-state index in [9.17, 15) is 4.79 Å². The van der Waals surface area contributed by atoms with Gasteiger partial charge in [-0.05, 0) is 37.3 Å². The number of hydrogen-bond acceptors (Lipinski definition) is 3. The largest absolute Gasteiger partial charge is 0.378 e. The lowest BCUT2D eigenvalue weighted by Gasteiger charge is -2.29. The van der Waals surface area contributed by atoms with Gasteiger partial charge < -0.3 is 9.64 Å². The number of carbonyl (C=O) groups is 1. The maximum Gasteiger partial charge on any atom is 0.255 e. The summed E-state index contributed by atoms with van der Waals surface area (Å²) in [4.78, 5) is 19.9. The summed E-state index contributed by atoms with van der Waals surface area (Å²) < 4.78 is 5.38. The van der Waals surface area contributed by atoms with E-state index in [4.69, 9.17) is 9.72 Å². The molecule has 0 atom stereocenters. The molecule has 1 aromatic carbocycles. The number of amides is 1. The van der Waals surface area contributed by atoms with Crippen LogP contribution in [0.25, 0.3) is 10.9 Å². The molecule has 22 heavy (non-hydrogen) atoms. The summed E-state index contributed by atoms with van der Waals surface area (Å²) in [6, 6.07) is 8.04. The van der Waals surface area contributed by atoms with E-state index in [1.54, 1.807) is 0 Å². The third-order valence-electron chi connectivity index (χ3n) is 4.68. The first-order valence-electron chi connectivity index (χ1n) is 8.12. The molecule has 0 spiro atoms. The third-order valence-corrected chi connectivity index (χ3v) is 4.68. The fraction of sp³-hybridized carbons (Fsp3) is 0.444. The minimum absolute atomic E-state index is 0.153. The second-order valence-electron chi connectivity index (χ2n) is 6.04. The number of nitrogens with zero attached hydrogens (tertiary/aromatic N) is 2. The molecule has 0 bridgehead atoms. The van der Waals surface area contributed by atoms with Gasteiger partial charge in [0.25, 0.3) is 5.91 Å². The first kappa shape index (κ1) is 13.7. The average molecular weight is 296 g/mol. The molecule has 114 valence electrons. The van der Waals surface area contributed by atoms with Gasteiger partial charge in [0, 0.05) is 24.2 Å². The number of fused-ring (bicyclic) bond motifs is 2. The fourth-order valence-corrected chi connectivity index (χ4v) is 3.54. The lowest BCUT2D eigenvalue weighted by atomic mass is 9.89. The molecule has 0 radical (unpaired) electrons. The highest BCUT2D eigenvalue weighted by Gasteiger charge is 2.26. The van der Waals surface area contributed by atoms with Crippen molar-refractivity contribution in [3.8, 4) is 0 Å². The van der Waals surface area contributed by atoms with Crippen LogP contribution in [-0.4, -0.2) is 42.1 Å². The second-order valence-corrected chi connectivity index (χ2v) is 6.04. The summed E-state index contributed by atoms with van der Waals surface area (Å²) in [5.41, 5.74) is 4.14. The predicted octanol–water partition coefficient (Wildman–Crippen LogP) is 2.59. The first-order chi connectivity index (χ1) is 10.8. The number of pyridine rings is 1. The highest BCUT2D eigenvalue weighted by atomic mass is 16.5. The summed E-state index contributed by atoms with van der Waals surface area (Å²) in [6.07, 6.45) is 4.28.